The number of Topliss-reactive ketones (excluding diaryl/α,β-unsaturated/α-hetero) is 1. The van der Waals surface area contributed by atoms with Crippen molar-refractivity contribution in [2.24, 2.45) is 5.92 Å². The second-order valence-corrected chi connectivity index (χ2v) is 11.1. The minimum Gasteiger partial charge on any atom is -0.309 e. The Labute approximate surface area is 210 Å². The van der Waals surface area contributed by atoms with Crippen LogP contribution in [0.1, 0.15) is 76.6 Å². The third-order valence-corrected chi connectivity index (χ3v) is 7.12. The van der Waals surface area contributed by atoms with Crippen LogP contribution in [0.5, 0.6) is 0 Å². The molecule has 0 aliphatic rings. The fourth-order valence-electron chi connectivity index (χ4n) is 4.61. The molecule has 0 spiro atoms. The fraction of sp³-hybridized carbons (Fsp3) is 0.344. The number of hydrogen-bond acceptors (Lipinski definition) is 3. The molecule has 3 nitrogen and oxygen atoms in total. The molecule has 3 heteroatoms. The number of carbonyl (C=O) groups is 1. The second-order valence-electron chi connectivity index (χ2n) is 11.1. The lowest BCUT2D eigenvalue weighted by Gasteiger charge is -2.36. The molecule has 0 radical (unpaired) electrons. The van der Waals surface area contributed by atoms with Gasteiger partial charge in [0.05, 0.1) is 23.5 Å². The minimum atomic E-state index is -0.521. The molecular formula is C32H36N2O. The highest BCUT2D eigenvalue weighted by Crippen LogP contribution is 2.42. The third-order valence-electron chi connectivity index (χ3n) is 7.12. The van der Waals surface area contributed by atoms with E-state index < -0.39 is 17.3 Å². The maximum absolute atomic E-state index is 13.8. The molecule has 0 aliphatic heterocycles. The number of nitrogens with zero attached hydrogens (tertiary/aromatic N) is 1. The van der Waals surface area contributed by atoms with Crippen molar-refractivity contribution in [1.82, 2.24) is 0 Å². The van der Waals surface area contributed by atoms with Crippen LogP contribution in [-0.2, 0) is 15.6 Å². The Kier molecular flexibility index (Phi) is 7.46. The van der Waals surface area contributed by atoms with E-state index >= 15 is 0 Å². The van der Waals surface area contributed by atoms with Crippen LogP contribution in [0.2, 0.25) is 0 Å². The lowest BCUT2D eigenvalue weighted by molar-refractivity contribution is -0.123. The highest BCUT2D eigenvalue weighted by molar-refractivity contribution is 6.05. The van der Waals surface area contributed by atoms with E-state index in [1.54, 1.807) is 13.0 Å². The fourth-order valence-corrected chi connectivity index (χ4v) is 4.61. The molecule has 1 N–H and O–H groups in total. The first-order valence-corrected chi connectivity index (χ1v) is 12.2. The minimum absolute atomic E-state index is 0.0265. The highest BCUT2D eigenvalue weighted by atomic mass is 16.1. The largest absolute Gasteiger partial charge is 0.309 e. The quantitative estimate of drug-likeness (QED) is 0.362. The van der Waals surface area contributed by atoms with Crippen molar-refractivity contribution >= 4 is 11.5 Å². The molecule has 0 bridgehead atoms. The van der Waals surface area contributed by atoms with Gasteiger partial charge < -0.3 is 5.41 Å². The Balaban J connectivity index is 2.13. The zero-order chi connectivity index (χ0) is 26.0. The number of ketones is 1. The molecule has 2 unspecified atom stereocenters. The number of hydrogen-bond donors (Lipinski definition) is 1. The molecule has 3 rings (SSSR count). The molecule has 0 saturated carbocycles. The molecule has 3 aromatic rings. The molecular weight excluding hydrogens is 428 g/mol. The van der Waals surface area contributed by atoms with Crippen molar-refractivity contribution in [3.05, 3.63) is 95.1 Å². The Morgan fingerprint density at radius 3 is 1.97 bits per heavy atom. The van der Waals surface area contributed by atoms with Crippen LogP contribution in [-0.4, -0.2) is 11.5 Å². The van der Waals surface area contributed by atoms with E-state index in [2.05, 4.69) is 77.1 Å². The maximum Gasteiger partial charge on any atom is 0.149 e. The van der Waals surface area contributed by atoms with E-state index in [-0.39, 0.29) is 11.2 Å². The van der Waals surface area contributed by atoms with Gasteiger partial charge in [0.1, 0.15) is 5.78 Å². The summed E-state index contributed by atoms with van der Waals surface area (Å²) in [6.07, 6.45) is 0. The van der Waals surface area contributed by atoms with Gasteiger partial charge in [-0.1, -0.05) is 102 Å². The van der Waals surface area contributed by atoms with Crippen LogP contribution in [0.25, 0.3) is 11.1 Å². The van der Waals surface area contributed by atoms with Gasteiger partial charge in [0.25, 0.3) is 0 Å². The summed E-state index contributed by atoms with van der Waals surface area (Å²) in [5.74, 6) is -0.813. The third kappa shape index (κ3) is 5.60. The molecule has 0 saturated heterocycles. The molecule has 0 amide bonds. The van der Waals surface area contributed by atoms with Gasteiger partial charge in [-0.05, 0) is 52.3 Å². The Hall–Kier alpha value is -3.51. The van der Waals surface area contributed by atoms with Crippen molar-refractivity contribution in [3.63, 3.8) is 0 Å². The molecule has 0 heterocycles. The van der Waals surface area contributed by atoms with Crippen molar-refractivity contribution in [2.75, 3.05) is 0 Å². The predicted octanol–water partition coefficient (Wildman–Crippen LogP) is 7.83. The molecule has 0 aromatic heterocycles. The summed E-state index contributed by atoms with van der Waals surface area (Å²) >= 11 is 0. The van der Waals surface area contributed by atoms with Crippen molar-refractivity contribution in [2.45, 2.75) is 65.2 Å². The van der Waals surface area contributed by atoms with Gasteiger partial charge in [-0.25, -0.2) is 0 Å². The number of rotatable bonds is 7. The van der Waals surface area contributed by atoms with Gasteiger partial charge in [-0.3, -0.25) is 4.79 Å². The first kappa shape index (κ1) is 26.1. The average molecular weight is 465 g/mol. The van der Waals surface area contributed by atoms with Gasteiger partial charge in [0.15, 0.2) is 0 Å². The van der Waals surface area contributed by atoms with E-state index in [4.69, 9.17) is 5.41 Å². The first-order chi connectivity index (χ1) is 16.4. The number of nitriles is 1. The second kappa shape index (κ2) is 10.0. The summed E-state index contributed by atoms with van der Waals surface area (Å²) in [5.41, 5.74) is 5.73. The molecule has 0 aliphatic carbocycles. The van der Waals surface area contributed by atoms with Crippen molar-refractivity contribution < 1.29 is 4.79 Å². The highest BCUT2D eigenvalue weighted by Gasteiger charge is 2.40. The molecule has 2 atom stereocenters. The monoisotopic (exact) mass is 464 g/mol. The smallest absolute Gasteiger partial charge is 0.149 e. The van der Waals surface area contributed by atoms with E-state index in [0.717, 1.165) is 22.3 Å². The van der Waals surface area contributed by atoms with E-state index in [9.17, 15) is 10.1 Å². The predicted molar refractivity (Wildman–Crippen MR) is 145 cm³/mol. The van der Waals surface area contributed by atoms with Gasteiger partial charge in [0, 0.05) is 11.1 Å². The zero-order valence-corrected chi connectivity index (χ0v) is 21.9. The van der Waals surface area contributed by atoms with Crippen LogP contribution < -0.4 is 0 Å². The summed E-state index contributed by atoms with van der Waals surface area (Å²) in [6, 6.07) is 26.5. The molecule has 3 aromatic carbocycles. The average Bonchev–Trinajstić information content (AvgIpc) is 2.83. The van der Waals surface area contributed by atoms with Crippen LogP contribution in [0.4, 0.5) is 0 Å². The van der Waals surface area contributed by atoms with Crippen LogP contribution >= 0.6 is 0 Å². The van der Waals surface area contributed by atoms with Gasteiger partial charge in [-0.2, -0.15) is 5.26 Å². The maximum atomic E-state index is 13.8. The Bertz CT molecular complexity index is 1270. The molecule has 0 fully saturated rings. The SMILES string of the molecule is CC(=N)C(C)C(=O)C(c1ccc(C(C)(C)C)cc1)C(C)(C)c1cccc(-c2cccc(C#N)c2)c1. The lowest BCUT2D eigenvalue weighted by atomic mass is 9.66. The summed E-state index contributed by atoms with van der Waals surface area (Å²) in [5, 5.41) is 17.5. The van der Waals surface area contributed by atoms with Crippen LogP contribution in [0, 0.1) is 22.7 Å². The lowest BCUT2D eigenvalue weighted by Crippen LogP contribution is -2.37. The summed E-state index contributed by atoms with van der Waals surface area (Å²) in [6.45, 7) is 14.3. The zero-order valence-electron chi connectivity index (χ0n) is 21.9. The van der Waals surface area contributed by atoms with Gasteiger partial charge in [-0.15, -0.1) is 0 Å². The van der Waals surface area contributed by atoms with Crippen LogP contribution in [0.3, 0.4) is 0 Å². The van der Waals surface area contributed by atoms with E-state index in [1.165, 1.54) is 5.56 Å². The number of benzene rings is 3. The van der Waals surface area contributed by atoms with E-state index in [1.807, 2.05) is 37.3 Å². The molecule has 35 heavy (non-hydrogen) atoms. The number of nitrogens with one attached hydrogen (secondary N) is 1. The summed E-state index contributed by atoms with van der Waals surface area (Å²) in [7, 11) is 0. The Morgan fingerprint density at radius 2 is 1.43 bits per heavy atom. The van der Waals surface area contributed by atoms with Crippen molar-refractivity contribution in [1.29, 1.82) is 10.7 Å². The summed E-state index contributed by atoms with van der Waals surface area (Å²) in [4.78, 5) is 13.8. The summed E-state index contributed by atoms with van der Waals surface area (Å²) < 4.78 is 0. The van der Waals surface area contributed by atoms with Gasteiger partial charge in [0.2, 0.25) is 0 Å². The Morgan fingerprint density at radius 1 is 0.857 bits per heavy atom. The normalized spacial score (nSPS) is 13.5. The van der Waals surface area contributed by atoms with Gasteiger partial charge >= 0.3 is 0 Å². The van der Waals surface area contributed by atoms with E-state index in [0.29, 0.717) is 11.3 Å². The number of carbonyl (C=O) groups excluding carboxylic acids is 1. The first-order valence-electron chi connectivity index (χ1n) is 12.2. The standard InChI is InChI=1S/C32H36N2O/c1-21(22(2)34)30(35)29(24-14-16-27(17-15-24)31(3,4)5)32(6,7)28-13-9-12-26(19-28)25-11-8-10-23(18-25)20-33/h8-19,21,29,34H,1-7H3. The van der Waals surface area contributed by atoms with Crippen LogP contribution in [0.15, 0.2) is 72.8 Å². The molecule has 180 valence electrons. The topological polar surface area (TPSA) is 64.7 Å². The van der Waals surface area contributed by atoms with Crippen molar-refractivity contribution in [3.8, 4) is 17.2 Å².